The van der Waals surface area contributed by atoms with Crippen LogP contribution in [0.4, 0.5) is 23.4 Å². The molecule has 0 saturated carbocycles. The topological polar surface area (TPSA) is 89.7 Å². The molecule has 0 aliphatic rings. The summed E-state index contributed by atoms with van der Waals surface area (Å²) in [6, 6.07) is 12.2. The van der Waals surface area contributed by atoms with Crippen LogP contribution in [0.2, 0.25) is 0 Å². The number of nitrogen functional groups attached to an aromatic ring is 1. The molecule has 0 spiro atoms. The second-order valence-electron chi connectivity index (χ2n) is 6.54. The largest absolute Gasteiger partial charge is 0.459 e. The van der Waals surface area contributed by atoms with Crippen molar-refractivity contribution in [1.29, 1.82) is 0 Å². The van der Waals surface area contributed by atoms with Crippen LogP contribution in [0.15, 0.2) is 60.9 Å². The molecule has 6 nitrogen and oxygen atoms in total. The Morgan fingerprint density at radius 2 is 1.68 bits per heavy atom. The molecule has 0 aliphatic carbocycles. The monoisotopic (exact) mass is 429 g/mol. The molecule has 0 radical (unpaired) electrons. The first kappa shape index (κ1) is 20.3. The van der Waals surface area contributed by atoms with Gasteiger partial charge in [-0.15, -0.1) is 0 Å². The van der Waals surface area contributed by atoms with Crippen molar-refractivity contribution in [1.82, 2.24) is 19.9 Å². The zero-order valence-electron chi connectivity index (χ0n) is 15.8. The predicted molar refractivity (Wildman–Crippen MR) is 105 cm³/mol. The third-order valence-electron chi connectivity index (χ3n) is 4.40. The fourth-order valence-electron chi connectivity index (χ4n) is 2.96. The summed E-state index contributed by atoms with van der Waals surface area (Å²) in [5.41, 5.74) is 5.37. The van der Waals surface area contributed by atoms with Gasteiger partial charge in [-0.05, 0) is 17.7 Å². The van der Waals surface area contributed by atoms with Crippen LogP contribution in [-0.4, -0.2) is 19.9 Å². The van der Waals surface area contributed by atoms with E-state index in [1.54, 1.807) is 0 Å². The van der Waals surface area contributed by atoms with Crippen LogP contribution in [0.5, 0.6) is 6.01 Å². The molecular weight excluding hydrogens is 414 g/mol. The molecular formula is C21H15F4N5O. The normalized spacial score (nSPS) is 11.5. The zero-order chi connectivity index (χ0) is 22.0. The average molecular weight is 429 g/mol. The molecule has 0 fully saturated rings. The number of benzene rings is 2. The van der Waals surface area contributed by atoms with Gasteiger partial charge >= 0.3 is 12.2 Å². The number of H-pyrrole nitrogens is 1. The van der Waals surface area contributed by atoms with Gasteiger partial charge in [0.1, 0.15) is 29.8 Å². The number of aromatic amines is 1. The number of rotatable bonds is 5. The van der Waals surface area contributed by atoms with Crippen molar-refractivity contribution in [3.8, 4) is 28.7 Å². The molecule has 0 saturated heterocycles. The lowest BCUT2D eigenvalue weighted by Gasteiger charge is -2.11. The summed E-state index contributed by atoms with van der Waals surface area (Å²) in [6.45, 7) is 0.266. The highest BCUT2D eigenvalue weighted by Gasteiger charge is 2.36. The first-order chi connectivity index (χ1) is 14.8. The van der Waals surface area contributed by atoms with Crippen LogP contribution in [0.1, 0.15) is 11.1 Å². The number of ether oxygens (including phenoxy) is 1. The van der Waals surface area contributed by atoms with Gasteiger partial charge in [0, 0.05) is 18.0 Å². The molecule has 0 atom stereocenters. The fourth-order valence-corrected chi connectivity index (χ4v) is 2.96. The number of nitrogens with two attached hydrogens (primary N) is 1. The highest BCUT2D eigenvalue weighted by atomic mass is 19.4. The Morgan fingerprint density at radius 3 is 2.35 bits per heavy atom. The maximum atomic E-state index is 14.2. The van der Waals surface area contributed by atoms with Crippen molar-refractivity contribution >= 4 is 5.82 Å². The first-order valence-electron chi connectivity index (χ1n) is 9.03. The van der Waals surface area contributed by atoms with Crippen molar-refractivity contribution in [2.45, 2.75) is 12.8 Å². The van der Waals surface area contributed by atoms with E-state index in [2.05, 4.69) is 19.9 Å². The van der Waals surface area contributed by atoms with Gasteiger partial charge in [-0.1, -0.05) is 36.4 Å². The summed E-state index contributed by atoms with van der Waals surface area (Å²) in [5.74, 6) is -1.47. The number of hydrogen-bond donors (Lipinski definition) is 2. The molecule has 0 amide bonds. The lowest BCUT2D eigenvalue weighted by atomic mass is 10.1. The van der Waals surface area contributed by atoms with Gasteiger partial charge in [-0.25, -0.2) is 19.3 Å². The number of aromatic nitrogens is 4. The fraction of sp³-hybridized carbons (Fsp3) is 0.0952. The van der Waals surface area contributed by atoms with E-state index in [0.29, 0.717) is 5.56 Å². The van der Waals surface area contributed by atoms with Crippen molar-refractivity contribution in [3.63, 3.8) is 0 Å². The summed E-state index contributed by atoms with van der Waals surface area (Å²) >= 11 is 0. The maximum absolute atomic E-state index is 14.2. The van der Waals surface area contributed by atoms with Gasteiger partial charge in [0.05, 0.1) is 11.1 Å². The van der Waals surface area contributed by atoms with Crippen molar-refractivity contribution in [3.05, 3.63) is 77.9 Å². The van der Waals surface area contributed by atoms with E-state index in [4.69, 9.17) is 10.5 Å². The molecule has 0 bridgehead atoms. The smallest absolute Gasteiger partial charge is 0.417 e. The van der Waals surface area contributed by atoms with E-state index < -0.39 is 23.1 Å². The Hall–Kier alpha value is -3.95. The minimum Gasteiger partial charge on any atom is -0.459 e. The summed E-state index contributed by atoms with van der Waals surface area (Å²) in [6.07, 6.45) is -2.02. The maximum Gasteiger partial charge on any atom is 0.417 e. The molecule has 0 aliphatic heterocycles. The number of anilines is 1. The second-order valence-corrected chi connectivity index (χ2v) is 6.54. The van der Waals surface area contributed by atoms with Gasteiger partial charge in [0.25, 0.3) is 0 Å². The summed E-state index contributed by atoms with van der Waals surface area (Å²) in [4.78, 5) is 14.7. The van der Waals surface area contributed by atoms with Gasteiger partial charge in [0.2, 0.25) is 0 Å². The van der Waals surface area contributed by atoms with E-state index in [1.807, 2.05) is 30.3 Å². The molecule has 4 rings (SSSR count). The molecule has 2 heterocycles. The Bertz CT molecular complexity index is 1190. The van der Waals surface area contributed by atoms with E-state index in [-0.39, 0.29) is 30.0 Å². The lowest BCUT2D eigenvalue weighted by Crippen LogP contribution is -2.09. The SMILES string of the molecule is Nc1[nH]c(-c2c(F)cccc2C(F)(F)F)nc1-c1cnc(OCc2ccccc2)nc1. The zero-order valence-corrected chi connectivity index (χ0v) is 15.8. The molecule has 3 N–H and O–H groups in total. The van der Waals surface area contributed by atoms with E-state index >= 15 is 0 Å². The van der Waals surface area contributed by atoms with Crippen molar-refractivity contribution in [2.75, 3.05) is 5.73 Å². The summed E-state index contributed by atoms with van der Waals surface area (Å²) in [7, 11) is 0. The van der Waals surface area contributed by atoms with E-state index in [9.17, 15) is 17.6 Å². The molecule has 0 unspecified atom stereocenters. The number of nitrogens with one attached hydrogen (secondary N) is 1. The number of hydrogen-bond acceptors (Lipinski definition) is 5. The van der Waals surface area contributed by atoms with E-state index in [0.717, 1.165) is 23.8 Å². The van der Waals surface area contributed by atoms with Crippen LogP contribution in [-0.2, 0) is 12.8 Å². The average Bonchev–Trinajstić information content (AvgIpc) is 3.13. The second kappa shape index (κ2) is 8.05. The van der Waals surface area contributed by atoms with Crippen LogP contribution in [0.25, 0.3) is 22.6 Å². The van der Waals surface area contributed by atoms with Gasteiger partial charge < -0.3 is 15.5 Å². The standard InChI is InChI=1S/C21H15F4N5O/c22-15-8-4-7-14(21(23,24)25)16(15)19-29-17(18(26)30-19)13-9-27-20(28-10-13)31-11-12-5-2-1-3-6-12/h1-10H,11,26H2,(H,29,30). The summed E-state index contributed by atoms with van der Waals surface area (Å²) < 4.78 is 59.7. The Labute approximate surface area is 173 Å². The van der Waals surface area contributed by atoms with E-state index in [1.165, 1.54) is 12.4 Å². The van der Waals surface area contributed by atoms with Crippen LogP contribution >= 0.6 is 0 Å². The predicted octanol–water partition coefficient (Wildman–Crippen LogP) is 4.85. The minimum absolute atomic E-state index is 0.0482. The Balaban J connectivity index is 1.60. The van der Waals surface area contributed by atoms with Crippen LogP contribution < -0.4 is 10.5 Å². The quantitative estimate of drug-likeness (QED) is 0.443. The minimum atomic E-state index is -4.76. The third-order valence-corrected chi connectivity index (χ3v) is 4.40. The molecule has 158 valence electrons. The molecule has 2 aromatic carbocycles. The number of halogens is 4. The van der Waals surface area contributed by atoms with Gasteiger partial charge in [-0.3, -0.25) is 0 Å². The number of imidazole rings is 1. The van der Waals surface area contributed by atoms with Crippen molar-refractivity contribution in [2.24, 2.45) is 0 Å². The highest BCUT2D eigenvalue weighted by molar-refractivity contribution is 5.75. The Kier molecular flexibility index (Phi) is 5.28. The van der Waals surface area contributed by atoms with Gasteiger partial charge in [0.15, 0.2) is 0 Å². The third kappa shape index (κ3) is 4.32. The summed E-state index contributed by atoms with van der Waals surface area (Å²) in [5, 5.41) is 0. The molecule has 31 heavy (non-hydrogen) atoms. The van der Waals surface area contributed by atoms with Gasteiger partial charge in [-0.2, -0.15) is 13.2 Å². The molecule has 10 heteroatoms. The lowest BCUT2D eigenvalue weighted by molar-refractivity contribution is -0.137. The van der Waals surface area contributed by atoms with Crippen LogP contribution in [0, 0.1) is 5.82 Å². The Morgan fingerprint density at radius 1 is 0.968 bits per heavy atom. The number of alkyl halides is 3. The number of nitrogens with zero attached hydrogens (tertiary/aromatic N) is 3. The first-order valence-corrected chi connectivity index (χ1v) is 9.03. The highest BCUT2D eigenvalue weighted by Crippen LogP contribution is 2.38. The van der Waals surface area contributed by atoms with Crippen LogP contribution in [0.3, 0.4) is 0 Å². The molecule has 4 aromatic rings. The van der Waals surface area contributed by atoms with Crippen molar-refractivity contribution < 1.29 is 22.3 Å². The molecule has 2 aromatic heterocycles.